The van der Waals surface area contributed by atoms with Gasteiger partial charge in [-0.2, -0.15) is 0 Å². The fourth-order valence-electron chi connectivity index (χ4n) is 2.11. The van der Waals surface area contributed by atoms with E-state index >= 15 is 0 Å². The van der Waals surface area contributed by atoms with E-state index in [0.717, 1.165) is 24.3 Å². The van der Waals surface area contributed by atoms with E-state index in [4.69, 9.17) is 9.47 Å². The molecule has 0 saturated heterocycles. The molecule has 0 heterocycles. The number of halogens is 3. The summed E-state index contributed by atoms with van der Waals surface area (Å²) in [5, 5.41) is 2.14. The smallest absolute Gasteiger partial charge is 0.311 e. The highest BCUT2D eigenvalue weighted by atomic mass is 19.1. The van der Waals surface area contributed by atoms with Crippen LogP contribution in [0.5, 0.6) is 5.75 Å². The first kappa shape index (κ1) is 19.3. The van der Waals surface area contributed by atoms with Gasteiger partial charge >= 0.3 is 5.97 Å². The molecule has 2 aromatic carbocycles. The minimum absolute atomic E-state index is 0.0342. The van der Waals surface area contributed by atoms with Crippen molar-refractivity contribution >= 4 is 17.6 Å². The van der Waals surface area contributed by atoms with E-state index in [2.05, 4.69) is 5.32 Å². The van der Waals surface area contributed by atoms with Crippen molar-refractivity contribution in [3.63, 3.8) is 0 Å². The van der Waals surface area contributed by atoms with E-state index in [-0.39, 0.29) is 17.9 Å². The highest BCUT2D eigenvalue weighted by molar-refractivity contribution is 5.95. The van der Waals surface area contributed by atoms with Gasteiger partial charge in [0.15, 0.2) is 17.7 Å². The van der Waals surface area contributed by atoms with Crippen molar-refractivity contribution in [1.82, 2.24) is 0 Å². The van der Waals surface area contributed by atoms with Crippen LogP contribution in [0.4, 0.5) is 18.9 Å². The molecule has 0 unspecified atom stereocenters. The van der Waals surface area contributed by atoms with Crippen LogP contribution in [0.2, 0.25) is 0 Å². The molecule has 0 bridgehead atoms. The monoisotopic (exact) mass is 367 g/mol. The van der Waals surface area contributed by atoms with Crippen LogP contribution in [0.15, 0.2) is 36.4 Å². The zero-order valence-corrected chi connectivity index (χ0v) is 14.0. The normalized spacial score (nSPS) is 11.6. The number of hydrogen-bond donors (Lipinski definition) is 1. The van der Waals surface area contributed by atoms with Crippen LogP contribution in [-0.4, -0.2) is 25.1 Å². The number of methoxy groups -OCH3 is 1. The zero-order chi connectivity index (χ0) is 19.3. The van der Waals surface area contributed by atoms with Crippen molar-refractivity contribution in [2.75, 3.05) is 12.4 Å². The van der Waals surface area contributed by atoms with Gasteiger partial charge in [0.25, 0.3) is 5.91 Å². The summed E-state index contributed by atoms with van der Waals surface area (Å²) in [6, 6.07) is 6.54. The lowest BCUT2D eigenvalue weighted by atomic mass is 10.1. The lowest BCUT2D eigenvalue weighted by Gasteiger charge is -2.14. The summed E-state index contributed by atoms with van der Waals surface area (Å²) in [4.78, 5) is 23.8. The first-order chi connectivity index (χ1) is 12.3. The Labute approximate surface area is 147 Å². The molecule has 138 valence electrons. The predicted octanol–water partition coefficient (Wildman–Crippen LogP) is 3.23. The minimum atomic E-state index is -1.26. The topological polar surface area (TPSA) is 64.6 Å². The maximum Gasteiger partial charge on any atom is 0.311 e. The van der Waals surface area contributed by atoms with Crippen molar-refractivity contribution in [2.45, 2.75) is 19.4 Å². The van der Waals surface area contributed by atoms with Crippen LogP contribution in [0.1, 0.15) is 12.5 Å². The van der Waals surface area contributed by atoms with Gasteiger partial charge in [-0.15, -0.1) is 0 Å². The number of ether oxygens (including phenoxy) is 2. The Morgan fingerprint density at radius 3 is 2.46 bits per heavy atom. The first-order valence-corrected chi connectivity index (χ1v) is 7.58. The van der Waals surface area contributed by atoms with Crippen molar-refractivity contribution in [3.8, 4) is 5.75 Å². The van der Waals surface area contributed by atoms with Gasteiger partial charge in [-0.25, -0.2) is 13.2 Å². The molecule has 1 amide bonds. The number of hydrogen-bond acceptors (Lipinski definition) is 4. The molecule has 0 radical (unpaired) electrons. The molecule has 2 rings (SSSR count). The van der Waals surface area contributed by atoms with Gasteiger partial charge in [0.05, 0.1) is 19.2 Å². The highest BCUT2D eigenvalue weighted by Gasteiger charge is 2.20. The second-order valence-corrected chi connectivity index (χ2v) is 5.39. The molecule has 8 heteroatoms. The summed E-state index contributed by atoms with van der Waals surface area (Å²) in [5.74, 6) is -3.77. The van der Waals surface area contributed by atoms with E-state index in [1.807, 2.05) is 0 Å². The zero-order valence-electron chi connectivity index (χ0n) is 14.0. The molecular weight excluding hydrogens is 351 g/mol. The van der Waals surface area contributed by atoms with Crippen LogP contribution in [0.3, 0.4) is 0 Å². The van der Waals surface area contributed by atoms with Crippen molar-refractivity contribution < 1.29 is 32.2 Å². The molecule has 26 heavy (non-hydrogen) atoms. The number of carbonyl (C=O) groups is 2. The lowest BCUT2D eigenvalue weighted by Crippen LogP contribution is -2.30. The Bertz CT molecular complexity index is 826. The van der Waals surface area contributed by atoms with Gasteiger partial charge in [0, 0.05) is 6.07 Å². The molecule has 0 aliphatic carbocycles. The fourth-order valence-corrected chi connectivity index (χ4v) is 2.11. The van der Waals surface area contributed by atoms with Gasteiger partial charge in [0.1, 0.15) is 11.6 Å². The Morgan fingerprint density at radius 1 is 1.08 bits per heavy atom. The van der Waals surface area contributed by atoms with E-state index < -0.39 is 35.4 Å². The van der Waals surface area contributed by atoms with Gasteiger partial charge in [-0.1, -0.05) is 6.07 Å². The Hall–Kier alpha value is -3.03. The lowest BCUT2D eigenvalue weighted by molar-refractivity contribution is -0.152. The predicted molar refractivity (Wildman–Crippen MR) is 87.2 cm³/mol. The third kappa shape index (κ3) is 4.98. The number of rotatable bonds is 6. The van der Waals surface area contributed by atoms with E-state index in [1.165, 1.54) is 26.2 Å². The number of amides is 1. The molecule has 1 atom stereocenters. The molecule has 0 aliphatic rings. The van der Waals surface area contributed by atoms with Crippen molar-refractivity contribution in [2.24, 2.45) is 0 Å². The number of nitrogens with one attached hydrogen (secondary N) is 1. The third-order valence-electron chi connectivity index (χ3n) is 3.43. The maximum absolute atomic E-state index is 13.6. The number of anilines is 1. The summed E-state index contributed by atoms with van der Waals surface area (Å²) in [7, 11) is 1.31. The maximum atomic E-state index is 13.6. The summed E-state index contributed by atoms with van der Waals surface area (Å²) >= 11 is 0. The number of benzene rings is 2. The minimum Gasteiger partial charge on any atom is -0.494 e. The summed E-state index contributed by atoms with van der Waals surface area (Å²) in [6.07, 6.45) is -1.53. The molecule has 0 aromatic heterocycles. The van der Waals surface area contributed by atoms with Crippen LogP contribution < -0.4 is 10.1 Å². The van der Waals surface area contributed by atoms with Crippen LogP contribution >= 0.6 is 0 Å². The van der Waals surface area contributed by atoms with Gasteiger partial charge in [-0.05, 0) is 36.8 Å². The van der Waals surface area contributed by atoms with Crippen LogP contribution in [-0.2, 0) is 20.7 Å². The number of esters is 1. The van der Waals surface area contributed by atoms with Gasteiger partial charge in [0.2, 0.25) is 0 Å². The largest absolute Gasteiger partial charge is 0.494 e. The Balaban J connectivity index is 1.94. The average molecular weight is 367 g/mol. The Kier molecular flexibility index (Phi) is 6.21. The second kappa shape index (κ2) is 8.37. The van der Waals surface area contributed by atoms with Crippen LogP contribution in [0, 0.1) is 17.5 Å². The third-order valence-corrected chi connectivity index (χ3v) is 3.43. The summed E-state index contributed by atoms with van der Waals surface area (Å²) < 4.78 is 49.9. The van der Waals surface area contributed by atoms with Crippen molar-refractivity contribution in [1.29, 1.82) is 0 Å². The van der Waals surface area contributed by atoms with Crippen LogP contribution in [0.25, 0.3) is 0 Å². The first-order valence-electron chi connectivity index (χ1n) is 7.58. The van der Waals surface area contributed by atoms with Crippen molar-refractivity contribution in [3.05, 3.63) is 59.4 Å². The van der Waals surface area contributed by atoms with Gasteiger partial charge in [-0.3, -0.25) is 9.59 Å². The fraction of sp³-hybridized carbons (Fsp3) is 0.222. The molecule has 5 nitrogen and oxygen atoms in total. The average Bonchev–Trinajstić information content (AvgIpc) is 2.58. The standard InChI is InChI=1S/C18H16F3NO4/c1-10(18(24)22-15-9-12(19)4-5-13(15)20)26-17(23)8-11-3-6-16(25-2)14(21)7-11/h3-7,9-10H,8H2,1-2H3,(H,22,24)/t10-/m1/s1. The molecule has 1 N–H and O–H groups in total. The second-order valence-electron chi connectivity index (χ2n) is 5.39. The molecule has 0 aliphatic heterocycles. The summed E-state index contributed by atoms with van der Waals surface area (Å²) in [6.45, 7) is 1.28. The molecule has 2 aromatic rings. The number of carbonyl (C=O) groups excluding carboxylic acids is 2. The highest BCUT2D eigenvalue weighted by Crippen LogP contribution is 2.19. The van der Waals surface area contributed by atoms with E-state index in [1.54, 1.807) is 0 Å². The SMILES string of the molecule is COc1ccc(CC(=O)O[C@H](C)C(=O)Nc2cc(F)ccc2F)cc1F. The molecule has 0 saturated carbocycles. The molecule has 0 spiro atoms. The van der Waals surface area contributed by atoms with Gasteiger partial charge < -0.3 is 14.8 Å². The quantitative estimate of drug-likeness (QED) is 0.797. The molecule has 0 fully saturated rings. The Morgan fingerprint density at radius 2 is 1.81 bits per heavy atom. The van der Waals surface area contributed by atoms with E-state index in [9.17, 15) is 22.8 Å². The summed E-state index contributed by atoms with van der Waals surface area (Å²) in [5.41, 5.74) is -0.0350. The molecular formula is C18H16F3NO4. The van der Waals surface area contributed by atoms with E-state index in [0.29, 0.717) is 5.56 Å².